The van der Waals surface area contributed by atoms with Gasteiger partial charge in [-0.15, -0.1) is 0 Å². The first-order valence-electron chi connectivity index (χ1n) is 12.0. The molecule has 2 aromatic rings. The molecule has 1 saturated heterocycles. The molecule has 2 aliphatic carbocycles. The van der Waals surface area contributed by atoms with E-state index in [1.807, 2.05) is 18.8 Å². The highest BCUT2D eigenvalue weighted by Crippen LogP contribution is 2.26. The number of hydrogen-bond acceptors (Lipinski definition) is 2. The van der Waals surface area contributed by atoms with E-state index in [1.54, 1.807) is 6.26 Å². The van der Waals surface area contributed by atoms with E-state index in [4.69, 9.17) is 9.47 Å². The Bertz CT molecular complexity index is 1260. The summed E-state index contributed by atoms with van der Waals surface area (Å²) in [5.41, 5.74) is 4.37. The van der Waals surface area contributed by atoms with Crippen LogP contribution in [0.4, 0.5) is 0 Å². The summed E-state index contributed by atoms with van der Waals surface area (Å²) in [6.07, 6.45) is 21.8. The largest absolute Gasteiger partial charge is 0.465 e. The number of hydrogen-bond donors (Lipinski definition) is 0. The Hall–Kier alpha value is -2.84. The zero-order valence-corrected chi connectivity index (χ0v) is 18.7. The fourth-order valence-corrected chi connectivity index (χ4v) is 5.04. The minimum Gasteiger partial charge on any atom is -0.465 e. The second kappa shape index (κ2) is 10.2. The van der Waals surface area contributed by atoms with Crippen molar-refractivity contribution in [3.05, 3.63) is 111 Å². The maximum absolute atomic E-state index is 5.87. The van der Waals surface area contributed by atoms with Gasteiger partial charge in [-0.3, -0.25) is 0 Å². The number of rotatable bonds is 1. The van der Waals surface area contributed by atoms with Crippen molar-refractivity contribution >= 4 is 11.6 Å². The highest BCUT2D eigenvalue weighted by atomic mass is 16.5. The van der Waals surface area contributed by atoms with E-state index in [0.29, 0.717) is 0 Å². The van der Waals surface area contributed by atoms with Crippen LogP contribution in [0, 0.1) is 17.0 Å². The van der Waals surface area contributed by atoms with Crippen molar-refractivity contribution in [1.82, 2.24) is 0 Å². The number of benzene rings is 2. The molecule has 0 bridgehead atoms. The summed E-state index contributed by atoms with van der Waals surface area (Å²) in [5.74, 6) is 0.992. The highest BCUT2D eigenvalue weighted by Gasteiger charge is 2.18. The van der Waals surface area contributed by atoms with Crippen molar-refractivity contribution in [3.8, 4) is 0 Å². The van der Waals surface area contributed by atoms with Crippen molar-refractivity contribution in [2.75, 3.05) is 6.61 Å². The van der Waals surface area contributed by atoms with Crippen LogP contribution in [0.3, 0.4) is 0 Å². The van der Waals surface area contributed by atoms with Gasteiger partial charge < -0.3 is 9.47 Å². The van der Waals surface area contributed by atoms with E-state index in [0.717, 1.165) is 38.0 Å². The smallest absolute Gasteiger partial charge is 0.130 e. The van der Waals surface area contributed by atoms with Crippen LogP contribution in [0.15, 0.2) is 72.7 Å². The molecule has 6 rings (SSSR count). The summed E-state index contributed by atoms with van der Waals surface area (Å²) in [6.45, 7) is 2.87. The van der Waals surface area contributed by atoms with Gasteiger partial charge in [-0.05, 0) is 82.7 Å². The van der Waals surface area contributed by atoms with Gasteiger partial charge in [0.2, 0.25) is 0 Å². The average molecular weight is 424 g/mol. The minimum atomic E-state index is 0.944. The van der Waals surface area contributed by atoms with Crippen LogP contribution in [0.2, 0.25) is 0 Å². The molecule has 2 nitrogen and oxygen atoms in total. The Balaban J connectivity index is 0.000000265. The van der Waals surface area contributed by atoms with Gasteiger partial charge >= 0.3 is 0 Å². The second-order valence-electron chi connectivity index (χ2n) is 8.69. The molecule has 1 fully saturated rings. The van der Waals surface area contributed by atoms with Gasteiger partial charge in [0.15, 0.2) is 0 Å². The normalized spacial score (nSPS) is 18.9. The third kappa shape index (κ3) is 4.52. The molecule has 0 saturated carbocycles. The lowest BCUT2D eigenvalue weighted by molar-refractivity contribution is 0.203. The number of fused-ring (bicyclic) bond motifs is 4. The third-order valence-corrected chi connectivity index (χ3v) is 6.63. The molecule has 2 heterocycles. The topological polar surface area (TPSA) is 18.5 Å². The predicted molar refractivity (Wildman–Crippen MR) is 130 cm³/mol. The SMILES string of the molecule is C1=CC=C(C2=c3ccc4c(c3CCC2)CC=c2ccccc2=4)OC=C1.[CH]1CCCCCO1. The van der Waals surface area contributed by atoms with Gasteiger partial charge in [0, 0.05) is 12.2 Å². The van der Waals surface area contributed by atoms with E-state index in [-0.39, 0.29) is 0 Å². The van der Waals surface area contributed by atoms with Crippen LogP contribution in [0.1, 0.15) is 49.7 Å². The van der Waals surface area contributed by atoms with E-state index in [2.05, 4.69) is 54.6 Å². The maximum atomic E-state index is 5.87. The number of ether oxygens (including phenoxy) is 2. The van der Waals surface area contributed by atoms with E-state index in [9.17, 15) is 0 Å². The quantitative estimate of drug-likeness (QED) is 0.601. The van der Waals surface area contributed by atoms with Gasteiger partial charge in [0.25, 0.3) is 0 Å². The van der Waals surface area contributed by atoms with Crippen LogP contribution < -0.4 is 10.4 Å². The molecule has 2 aromatic carbocycles. The molecule has 1 radical (unpaired) electrons. The zero-order valence-electron chi connectivity index (χ0n) is 18.7. The molecule has 0 spiro atoms. The maximum Gasteiger partial charge on any atom is 0.130 e. The molecular weight excluding hydrogens is 392 g/mol. The molecule has 0 N–H and O–H groups in total. The van der Waals surface area contributed by atoms with Crippen LogP contribution >= 0.6 is 0 Å². The van der Waals surface area contributed by atoms with Crippen LogP contribution in [-0.4, -0.2) is 6.61 Å². The first-order valence-corrected chi connectivity index (χ1v) is 12.0. The lowest BCUT2D eigenvalue weighted by atomic mass is 9.85. The Labute approximate surface area is 190 Å². The van der Waals surface area contributed by atoms with E-state index in [1.165, 1.54) is 63.3 Å². The first-order chi connectivity index (χ1) is 15.9. The van der Waals surface area contributed by atoms with Gasteiger partial charge in [-0.1, -0.05) is 67.5 Å². The molecule has 2 aliphatic heterocycles. The van der Waals surface area contributed by atoms with Crippen molar-refractivity contribution < 1.29 is 9.47 Å². The Kier molecular flexibility index (Phi) is 6.69. The Morgan fingerprint density at radius 1 is 0.719 bits per heavy atom. The summed E-state index contributed by atoms with van der Waals surface area (Å²) in [5, 5.41) is 5.52. The second-order valence-corrected chi connectivity index (χ2v) is 8.69. The Morgan fingerprint density at radius 3 is 2.66 bits per heavy atom. The summed E-state index contributed by atoms with van der Waals surface area (Å²) < 4.78 is 10.9. The highest BCUT2D eigenvalue weighted by molar-refractivity contribution is 5.66. The van der Waals surface area contributed by atoms with Crippen molar-refractivity contribution in [2.45, 2.75) is 51.4 Å². The fourth-order valence-electron chi connectivity index (χ4n) is 5.04. The standard InChI is InChI=1S/C24H20O.C6H11O/c1-2-11-24(25-16-5-1)23-10-6-9-19-21-13-12-17-7-3-4-8-18(17)20(21)14-15-22(19)23;1-2-4-6-7-5-3-1/h1-5,7-8,11-12,14-16H,6,9-10,13H2;5H,1-4,6H2. The molecule has 163 valence electrons. The molecule has 2 heteroatoms. The average Bonchev–Trinajstić information content (AvgIpc) is 3.32. The molecule has 4 aliphatic rings. The van der Waals surface area contributed by atoms with Gasteiger partial charge in [0.1, 0.15) is 5.76 Å². The molecular formula is C30H31O2. The molecule has 32 heavy (non-hydrogen) atoms. The predicted octanol–water partition coefficient (Wildman–Crippen LogP) is 5.52. The molecule has 0 aromatic heterocycles. The summed E-state index contributed by atoms with van der Waals surface area (Å²) in [7, 11) is 0. The van der Waals surface area contributed by atoms with Crippen molar-refractivity contribution in [1.29, 1.82) is 0 Å². The Morgan fingerprint density at radius 2 is 1.66 bits per heavy atom. The van der Waals surface area contributed by atoms with Crippen molar-refractivity contribution in [2.24, 2.45) is 0 Å². The van der Waals surface area contributed by atoms with Crippen LogP contribution in [-0.2, 0) is 22.3 Å². The lowest BCUT2D eigenvalue weighted by Gasteiger charge is -2.21. The minimum absolute atomic E-state index is 0.944. The summed E-state index contributed by atoms with van der Waals surface area (Å²) in [6, 6.07) is 13.4. The summed E-state index contributed by atoms with van der Waals surface area (Å²) in [4.78, 5) is 0. The van der Waals surface area contributed by atoms with Crippen molar-refractivity contribution in [3.63, 3.8) is 0 Å². The zero-order chi connectivity index (χ0) is 21.6. The molecule has 0 unspecified atom stereocenters. The first kappa shape index (κ1) is 21.0. The summed E-state index contributed by atoms with van der Waals surface area (Å²) >= 11 is 0. The van der Waals surface area contributed by atoms with Gasteiger partial charge in [-0.25, -0.2) is 0 Å². The van der Waals surface area contributed by atoms with E-state index < -0.39 is 0 Å². The lowest BCUT2D eigenvalue weighted by Crippen LogP contribution is -2.23. The van der Waals surface area contributed by atoms with Gasteiger partial charge in [-0.2, -0.15) is 0 Å². The van der Waals surface area contributed by atoms with Gasteiger partial charge in [0.05, 0.1) is 12.9 Å². The monoisotopic (exact) mass is 423 g/mol. The van der Waals surface area contributed by atoms with Crippen LogP contribution in [0.25, 0.3) is 11.6 Å². The molecule has 0 atom stereocenters. The molecule has 0 amide bonds. The van der Waals surface area contributed by atoms with E-state index >= 15 is 0 Å². The third-order valence-electron chi connectivity index (χ3n) is 6.63. The fraction of sp³-hybridized carbons (Fsp3) is 0.300. The van der Waals surface area contributed by atoms with Crippen LogP contribution in [0.5, 0.6) is 0 Å². The number of allylic oxidation sites excluding steroid dienone is 5.